The lowest BCUT2D eigenvalue weighted by Gasteiger charge is -2.13. The SMILES string of the molecule is FC(F)Oc1ccccc1CNc1c(Cl)cccc1Cl. The molecule has 0 bridgehead atoms. The Morgan fingerprint density at radius 2 is 1.65 bits per heavy atom. The van der Waals surface area contributed by atoms with Crippen LogP contribution in [0.1, 0.15) is 5.56 Å². The van der Waals surface area contributed by atoms with Gasteiger partial charge < -0.3 is 10.1 Å². The molecule has 0 heterocycles. The van der Waals surface area contributed by atoms with Crippen LogP contribution in [0.5, 0.6) is 5.75 Å². The number of benzene rings is 2. The molecule has 0 amide bonds. The first-order valence-electron chi connectivity index (χ1n) is 5.78. The van der Waals surface area contributed by atoms with Crippen LogP contribution in [-0.2, 0) is 6.54 Å². The summed E-state index contributed by atoms with van der Waals surface area (Å²) in [6.45, 7) is -2.59. The maximum absolute atomic E-state index is 12.3. The Hall–Kier alpha value is -1.52. The lowest BCUT2D eigenvalue weighted by Crippen LogP contribution is -2.07. The Morgan fingerprint density at radius 3 is 2.30 bits per heavy atom. The summed E-state index contributed by atoms with van der Waals surface area (Å²) in [6.07, 6.45) is 0. The van der Waals surface area contributed by atoms with Crippen LogP contribution in [0.2, 0.25) is 10.0 Å². The number of halogens is 4. The Morgan fingerprint density at radius 1 is 1.00 bits per heavy atom. The van der Waals surface area contributed by atoms with E-state index < -0.39 is 6.61 Å². The third-order valence-electron chi connectivity index (χ3n) is 2.61. The van der Waals surface area contributed by atoms with Crippen molar-refractivity contribution in [3.63, 3.8) is 0 Å². The molecule has 0 saturated heterocycles. The number of para-hydroxylation sites is 2. The van der Waals surface area contributed by atoms with Gasteiger partial charge in [0.25, 0.3) is 0 Å². The highest BCUT2D eigenvalue weighted by atomic mass is 35.5. The molecule has 0 fully saturated rings. The van der Waals surface area contributed by atoms with Crippen molar-refractivity contribution in [1.29, 1.82) is 0 Å². The molecule has 0 radical (unpaired) electrons. The summed E-state index contributed by atoms with van der Waals surface area (Å²) in [5.74, 6) is 0.123. The third-order valence-corrected chi connectivity index (χ3v) is 3.24. The van der Waals surface area contributed by atoms with E-state index in [0.29, 0.717) is 21.3 Å². The first-order chi connectivity index (χ1) is 9.58. The summed E-state index contributed by atoms with van der Waals surface area (Å²) in [7, 11) is 0. The molecule has 0 aliphatic heterocycles. The van der Waals surface area contributed by atoms with Crippen molar-refractivity contribution in [2.24, 2.45) is 0 Å². The minimum atomic E-state index is -2.86. The molecule has 2 aromatic rings. The second kappa shape index (κ2) is 6.77. The van der Waals surface area contributed by atoms with E-state index in [9.17, 15) is 8.78 Å². The molecule has 2 nitrogen and oxygen atoms in total. The first-order valence-corrected chi connectivity index (χ1v) is 6.54. The third kappa shape index (κ3) is 3.74. The minimum Gasteiger partial charge on any atom is -0.434 e. The zero-order chi connectivity index (χ0) is 14.5. The van der Waals surface area contributed by atoms with Gasteiger partial charge in [0.15, 0.2) is 0 Å². The number of anilines is 1. The molecule has 2 aromatic carbocycles. The molecule has 0 atom stereocenters. The van der Waals surface area contributed by atoms with Gasteiger partial charge in [0.1, 0.15) is 5.75 Å². The van der Waals surface area contributed by atoms with Gasteiger partial charge in [-0.25, -0.2) is 0 Å². The predicted octanol–water partition coefficient (Wildman–Crippen LogP) is 5.21. The molecule has 2 rings (SSSR count). The van der Waals surface area contributed by atoms with Crippen molar-refractivity contribution in [3.05, 3.63) is 58.1 Å². The van der Waals surface area contributed by atoms with Crippen LogP contribution in [0.25, 0.3) is 0 Å². The summed E-state index contributed by atoms with van der Waals surface area (Å²) < 4.78 is 29.1. The molecule has 20 heavy (non-hydrogen) atoms. The molecular formula is C14H11Cl2F2NO. The Kier molecular flexibility index (Phi) is 5.04. The number of alkyl halides is 2. The van der Waals surface area contributed by atoms with Crippen molar-refractivity contribution in [2.45, 2.75) is 13.2 Å². The zero-order valence-electron chi connectivity index (χ0n) is 10.2. The summed E-state index contributed by atoms with van der Waals surface area (Å²) in [6, 6.07) is 11.7. The first kappa shape index (κ1) is 14.9. The lowest BCUT2D eigenvalue weighted by atomic mass is 10.2. The number of hydrogen-bond donors (Lipinski definition) is 1. The van der Waals surface area contributed by atoms with E-state index >= 15 is 0 Å². The molecule has 1 N–H and O–H groups in total. The van der Waals surface area contributed by atoms with Gasteiger partial charge in [-0.2, -0.15) is 8.78 Å². The van der Waals surface area contributed by atoms with Crippen molar-refractivity contribution < 1.29 is 13.5 Å². The highest BCUT2D eigenvalue weighted by Crippen LogP contribution is 2.31. The summed E-state index contributed by atoms with van der Waals surface area (Å²) in [5, 5.41) is 3.95. The van der Waals surface area contributed by atoms with E-state index in [1.165, 1.54) is 6.07 Å². The predicted molar refractivity (Wildman–Crippen MR) is 76.9 cm³/mol. The fourth-order valence-electron chi connectivity index (χ4n) is 1.71. The maximum Gasteiger partial charge on any atom is 0.387 e. The van der Waals surface area contributed by atoms with Crippen molar-refractivity contribution in [2.75, 3.05) is 5.32 Å². The second-order valence-corrected chi connectivity index (χ2v) is 4.75. The van der Waals surface area contributed by atoms with Gasteiger partial charge in [0, 0.05) is 12.1 Å². The molecule has 0 aliphatic rings. The van der Waals surface area contributed by atoms with Crippen molar-refractivity contribution in [3.8, 4) is 5.75 Å². The normalized spacial score (nSPS) is 10.7. The van der Waals surface area contributed by atoms with E-state index in [4.69, 9.17) is 23.2 Å². The maximum atomic E-state index is 12.3. The quantitative estimate of drug-likeness (QED) is 0.817. The van der Waals surface area contributed by atoms with Crippen LogP contribution in [0.4, 0.5) is 14.5 Å². The van der Waals surface area contributed by atoms with E-state index in [1.807, 2.05) is 0 Å². The molecule has 6 heteroatoms. The fraction of sp³-hybridized carbons (Fsp3) is 0.143. The van der Waals surface area contributed by atoms with Crippen LogP contribution in [-0.4, -0.2) is 6.61 Å². The van der Waals surface area contributed by atoms with Gasteiger partial charge in [-0.05, 0) is 18.2 Å². The van der Waals surface area contributed by atoms with Gasteiger partial charge in [0.05, 0.1) is 15.7 Å². The van der Waals surface area contributed by atoms with Gasteiger partial charge >= 0.3 is 6.61 Å². The molecule has 0 saturated carbocycles. The molecule has 0 spiro atoms. The number of hydrogen-bond acceptors (Lipinski definition) is 2. The van der Waals surface area contributed by atoms with Crippen LogP contribution in [0, 0.1) is 0 Å². The topological polar surface area (TPSA) is 21.3 Å². The largest absolute Gasteiger partial charge is 0.434 e. The average molecular weight is 318 g/mol. The van der Waals surface area contributed by atoms with E-state index in [0.717, 1.165) is 0 Å². The molecule has 0 aromatic heterocycles. The Labute approximate surface area is 125 Å². The van der Waals surface area contributed by atoms with Crippen LogP contribution in [0.3, 0.4) is 0 Å². The summed E-state index contributed by atoms with van der Waals surface area (Å²) in [4.78, 5) is 0. The fourth-order valence-corrected chi connectivity index (χ4v) is 2.24. The van der Waals surface area contributed by atoms with E-state index in [-0.39, 0.29) is 12.3 Å². The van der Waals surface area contributed by atoms with Gasteiger partial charge in [-0.3, -0.25) is 0 Å². The van der Waals surface area contributed by atoms with Crippen LogP contribution in [0.15, 0.2) is 42.5 Å². The molecule has 106 valence electrons. The Balaban J connectivity index is 2.15. The zero-order valence-corrected chi connectivity index (χ0v) is 11.8. The highest BCUT2D eigenvalue weighted by Gasteiger charge is 2.10. The number of ether oxygens (including phenoxy) is 1. The van der Waals surface area contributed by atoms with E-state index in [1.54, 1.807) is 36.4 Å². The Bertz CT molecular complexity index is 573. The number of rotatable bonds is 5. The van der Waals surface area contributed by atoms with Crippen LogP contribution < -0.4 is 10.1 Å². The minimum absolute atomic E-state index is 0.123. The number of nitrogens with one attached hydrogen (secondary N) is 1. The van der Waals surface area contributed by atoms with Gasteiger partial charge in [-0.1, -0.05) is 47.5 Å². The molecule has 0 aliphatic carbocycles. The average Bonchev–Trinajstić information content (AvgIpc) is 2.39. The standard InChI is InChI=1S/C14H11Cl2F2NO/c15-10-5-3-6-11(16)13(10)19-8-9-4-1-2-7-12(9)20-14(17)18/h1-7,14,19H,8H2. The smallest absolute Gasteiger partial charge is 0.387 e. The highest BCUT2D eigenvalue weighted by molar-refractivity contribution is 6.39. The van der Waals surface area contributed by atoms with Gasteiger partial charge in [-0.15, -0.1) is 0 Å². The second-order valence-electron chi connectivity index (χ2n) is 3.94. The molecular weight excluding hydrogens is 307 g/mol. The van der Waals surface area contributed by atoms with Crippen molar-refractivity contribution in [1.82, 2.24) is 0 Å². The van der Waals surface area contributed by atoms with Crippen molar-refractivity contribution >= 4 is 28.9 Å². The van der Waals surface area contributed by atoms with Crippen LogP contribution >= 0.6 is 23.2 Å². The molecule has 0 unspecified atom stereocenters. The summed E-state index contributed by atoms with van der Waals surface area (Å²) >= 11 is 12.0. The van der Waals surface area contributed by atoms with Gasteiger partial charge in [0.2, 0.25) is 0 Å². The van der Waals surface area contributed by atoms with E-state index in [2.05, 4.69) is 10.1 Å². The monoisotopic (exact) mass is 317 g/mol. The lowest BCUT2D eigenvalue weighted by molar-refractivity contribution is -0.0504. The summed E-state index contributed by atoms with van der Waals surface area (Å²) in [5.41, 5.74) is 1.14.